The normalized spacial score (nSPS) is 10.5. The fourth-order valence-corrected chi connectivity index (χ4v) is 1.15. The highest BCUT2D eigenvalue weighted by molar-refractivity contribution is 7.71. The second-order valence-electron chi connectivity index (χ2n) is 2.66. The Bertz CT molecular complexity index is 477. The molecule has 2 aromatic heterocycles. The zero-order valence-corrected chi connectivity index (χ0v) is 7.72. The van der Waals surface area contributed by atoms with Crippen LogP contribution in [0.2, 0.25) is 0 Å². The summed E-state index contributed by atoms with van der Waals surface area (Å²) in [6.07, 6.45) is 0. The number of hydrogen-bond donors (Lipinski definition) is 3. The molecule has 6 nitrogen and oxygen atoms in total. The van der Waals surface area contributed by atoms with Crippen LogP contribution in [0.3, 0.4) is 0 Å². The lowest BCUT2D eigenvalue weighted by Crippen LogP contribution is -2.09. The van der Waals surface area contributed by atoms with E-state index in [4.69, 9.17) is 18.1 Å². The van der Waals surface area contributed by atoms with Crippen molar-refractivity contribution >= 4 is 12.2 Å². The standard InChI is InChI=1S/C6H8N6S/c1-3-2-4(9-8-3)5-10-11-6(13)12(5)7/h2H,7H2,1H3,(H,8,9)(H,11,13). The summed E-state index contributed by atoms with van der Waals surface area (Å²) in [6, 6.07) is 1.84. The van der Waals surface area contributed by atoms with Crippen molar-refractivity contribution in [1.82, 2.24) is 25.1 Å². The first-order valence-corrected chi connectivity index (χ1v) is 4.04. The van der Waals surface area contributed by atoms with E-state index in [-0.39, 0.29) is 0 Å². The molecule has 0 saturated carbocycles. The van der Waals surface area contributed by atoms with Crippen LogP contribution in [-0.2, 0) is 0 Å². The van der Waals surface area contributed by atoms with Crippen molar-refractivity contribution < 1.29 is 0 Å². The van der Waals surface area contributed by atoms with Crippen molar-refractivity contribution in [2.45, 2.75) is 6.92 Å². The van der Waals surface area contributed by atoms with Gasteiger partial charge in [-0.05, 0) is 25.2 Å². The molecule has 0 atom stereocenters. The summed E-state index contributed by atoms with van der Waals surface area (Å²) >= 11 is 4.86. The lowest BCUT2D eigenvalue weighted by molar-refractivity contribution is 0.967. The fraction of sp³-hybridized carbons (Fsp3) is 0.167. The lowest BCUT2D eigenvalue weighted by Gasteiger charge is -1.92. The van der Waals surface area contributed by atoms with Crippen LogP contribution in [0.5, 0.6) is 0 Å². The van der Waals surface area contributed by atoms with Gasteiger partial charge in [0.05, 0.1) is 0 Å². The number of H-pyrrole nitrogens is 2. The number of aromatic amines is 2. The Labute approximate surface area is 78.7 Å². The molecule has 0 bridgehead atoms. The zero-order chi connectivity index (χ0) is 9.42. The second kappa shape index (κ2) is 2.70. The number of nitrogens with one attached hydrogen (secondary N) is 2. The van der Waals surface area contributed by atoms with Crippen LogP contribution in [0, 0.1) is 11.7 Å². The smallest absolute Gasteiger partial charge is 0.214 e. The summed E-state index contributed by atoms with van der Waals surface area (Å²) < 4.78 is 1.65. The van der Waals surface area contributed by atoms with E-state index in [2.05, 4.69) is 20.4 Å². The Morgan fingerprint density at radius 3 is 2.69 bits per heavy atom. The molecule has 0 aliphatic heterocycles. The minimum Gasteiger partial charge on any atom is -0.335 e. The first kappa shape index (κ1) is 7.99. The Hall–Kier alpha value is -1.63. The maximum absolute atomic E-state index is 5.61. The van der Waals surface area contributed by atoms with Crippen LogP contribution in [0.25, 0.3) is 11.5 Å². The number of rotatable bonds is 1. The molecule has 0 amide bonds. The van der Waals surface area contributed by atoms with E-state index >= 15 is 0 Å². The number of hydrogen-bond acceptors (Lipinski definition) is 4. The SMILES string of the molecule is Cc1cc(-c2n[nH]c(=S)n2N)n[nH]1. The molecule has 0 saturated heterocycles. The Balaban J connectivity index is 2.58. The molecule has 0 aliphatic rings. The van der Waals surface area contributed by atoms with Crippen molar-refractivity contribution in [2.24, 2.45) is 0 Å². The van der Waals surface area contributed by atoms with Gasteiger partial charge in [0.1, 0.15) is 5.69 Å². The zero-order valence-electron chi connectivity index (χ0n) is 6.90. The molecule has 13 heavy (non-hydrogen) atoms. The highest BCUT2D eigenvalue weighted by atomic mass is 32.1. The molecule has 68 valence electrons. The van der Waals surface area contributed by atoms with Crippen molar-refractivity contribution in [3.8, 4) is 11.5 Å². The first-order valence-electron chi connectivity index (χ1n) is 3.63. The molecule has 2 rings (SSSR count). The molecular formula is C6H8N6S. The van der Waals surface area contributed by atoms with Crippen LogP contribution >= 0.6 is 12.2 Å². The Kier molecular flexibility index (Phi) is 1.66. The molecule has 0 aliphatic carbocycles. The van der Waals surface area contributed by atoms with E-state index < -0.39 is 0 Å². The van der Waals surface area contributed by atoms with E-state index in [0.29, 0.717) is 16.3 Å². The quantitative estimate of drug-likeness (QED) is 0.453. The third-order valence-corrected chi connectivity index (χ3v) is 1.93. The number of nitrogen functional groups attached to an aromatic ring is 1. The Morgan fingerprint density at radius 1 is 1.46 bits per heavy atom. The molecule has 0 unspecified atom stereocenters. The van der Waals surface area contributed by atoms with E-state index in [0.717, 1.165) is 5.69 Å². The van der Waals surface area contributed by atoms with Gasteiger partial charge in [0.2, 0.25) is 10.6 Å². The number of aromatic nitrogens is 5. The maximum atomic E-state index is 5.61. The molecule has 7 heteroatoms. The highest BCUT2D eigenvalue weighted by Crippen LogP contribution is 2.12. The van der Waals surface area contributed by atoms with Gasteiger partial charge in [0, 0.05) is 5.69 Å². The number of nitrogens with two attached hydrogens (primary N) is 1. The maximum Gasteiger partial charge on any atom is 0.214 e. The first-order chi connectivity index (χ1) is 6.18. The summed E-state index contributed by atoms with van der Waals surface area (Å²) in [6.45, 7) is 1.90. The van der Waals surface area contributed by atoms with Crippen molar-refractivity contribution in [3.05, 3.63) is 16.5 Å². The van der Waals surface area contributed by atoms with Gasteiger partial charge < -0.3 is 5.84 Å². The average molecular weight is 196 g/mol. The summed E-state index contributed by atoms with van der Waals surface area (Å²) in [5.41, 5.74) is 1.62. The van der Waals surface area contributed by atoms with Gasteiger partial charge in [-0.2, -0.15) is 10.2 Å². The summed E-state index contributed by atoms with van der Waals surface area (Å²) in [7, 11) is 0. The lowest BCUT2D eigenvalue weighted by atomic mass is 10.3. The second-order valence-corrected chi connectivity index (χ2v) is 3.05. The highest BCUT2D eigenvalue weighted by Gasteiger charge is 2.08. The number of aryl methyl sites for hydroxylation is 1. The molecule has 0 fully saturated rings. The van der Waals surface area contributed by atoms with E-state index in [9.17, 15) is 0 Å². The summed E-state index contributed by atoms with van der Waals surface area (Å²) in [5, 5.41) is 13.3. The van der Waals surface area contributed by atoms with Gasteiger partial charge in [-0.1, -0.05) is 0 Å². The van der Waals surface area contributed by atoms with Gasteiger partial charge in [-0.25, -0.2) is 9.77 Å². The largest absolute Gasteiger partial charge is 0.335 e. The van der Waals surface area contributed by atoms with Crippen molar-refractivity contribution in [1.29, 1.82) is 0 Å². The predicted octanol–water partition coefficient (Wildman–Crippen LogP) is 0.353. The van der Waals surface area contributed by atoms with Crippen LogP contribution in [0.1, 0.15) is 5.69 Å². The van der Waals surface area contributed by atoms with Gasteiger partial charge in [0.15, 0.2) is 0 Å². The van der Waals surface area contributed by atoms with Crippen LogP contribution in [-0.4, -0.2) is 25.1 Å². The minimum absolute atomic E-state index is 0.371. The molecule has 2 aromatic rings. The third kappa shape index (κ3) is 1.22. The van der Waals surface area contributed by atoms with Crippen LogP contribution in [0.15, 0.2) is 6.07 Å². The van der Waals surface area contributed by atoms with Crippen molar-refractivity contribution in [3.63, 3.8) is 0 Å². The average Bonchev–Trinajstić information content (AvgIpc) is 2.62. The third-order valence-electron chi connectivity index (χ3n) is 1.64. The predicted molar refractivity (Wildman–Crippen MR) is 49.9 cm³/mol. The molecular weight excluding hydrogens is 188 g/mol. The fourth-order valence-electron chi connectivity index (χ4n) is 1.02. The van der Waals surface area contributed by atoms with E-state index in [1.807, 2.05) is 13.0 Å². The summed E-state index contributed by atoms with van der Waals surface area (Å²) in [4.78, 5) is 0. The Morgan fingerprint density at radius 2 is 2.23 bits per heavy atom. The van der Waals surface area contributed by atoms with Gasteiger partial charge in [0.25, 0.3) is 0 Å². The van der Waals surface area contributed by atoms with Crippen LogP contribution in [0.4, 0.5) is 0 Å². The minimum atomic E-state index is 0.371. The van der Waals surface area contributed by atoms with E-state index in [1.54, 1.807) is 0 Å². The van der Waals surface area contributed by atoms with Gasteiger partial charge in [-0.15, -0.1) is 0 Å². The van der Waals surface area contributed by atoms with E-state index in [1.165, 1.54) is 4.68 Å². The molecule has 0 radical (unpaired) electrons. The molecule has 4 N–H and O–H groups in total. The molecule has 2 heterocycles. The summed E-state index contributed by atoms with van der Waals surface area (Å²) in [5.74, 6) is 6.13. The van der Waals surface area contributed by atoms with Gasteiger partial charge in [-0.3, -0.25) is 5.10 Å². The van der Waals surface area contributed by atoms with Crippen LogP contribution < -0.4 is 5.84 Å². The number of nitrogens with zero attached hydrogens (tertiary/aromatic N) is 3. The molecule has 0 spiro atoms. The van der Waals surface area contributed by atoms with Gasteiger partial charge >= 0.3 is 0 Å². The topological polar surface area (TPSA) is 88.3 Å². The molecule has 0 aromatic carbocycles. The monoisotopic (exact) mass is 196 g/mol. The van der Waals surface area contributed by atoms with Crippen molar-refractivity contribution in [2.75, 3.05) is 5.84 Å².